The van der Waals surface area contributed by atoms with E-state index < -0.39 is 12.1 Å². The first kappa shape index (κ1) is 12.7. The smallest absolute Gasteiger partial charge is 0.322 e. The molecular formula is C11H14FN3O3. The monoisotopic (exact) mass is 255 g/mol. The lowest BCUT2D eigenvalue weighted by molar-refractivity contribution is 0.0575. The number of carbonyl (C=O) groups is 1. The summed E-state index contributed by atoms with van der Waals surface area (Å²) in [5.41, 5.74) is 0.404. The number of aliphatic hydroxyl groups excluding tert-OH is 1. The van der Waals surface area contributed by atoms with Crippen LogP contribution in [0.2, 0.25) is 0 Å². The van der Waals surface area contributed by atoms with Crippen LogP contribution < -0.4 is 5.32 Å². The van der Waals surface area contributed by atoms with Gasteiger partial charge in [-0.05, 0) is 12.1 Å². The van der Waals surface area contributed by atoms with E-state index in [2.05, 4.69) is 10.3 Å². The van der Waals surface area contributed by atoms with E-state index in [9.17, 15) is 14.3 Å². The predicted octanol–water partition coefficient (Wildman–Crippen LogP) is 0.446. The fourth-order valence-corrected chi connectivity index (χ4v) is 1.63. The Bertz CT molecular complexity index is 412. The number of ether oxygens (including phenoxy) is 1. The molecule has 0 radical (unpaired) electrons. The minimum Gasteiger partial charge on any atom is -0.389 e. The average molecular weight is 255 g/mol. The molecule has 1 fully saturated rings. The number of urea groups is 1. The fraction of sp³-hybridized carbons (Fsp3) is 0.455. The van der Waals surface area contributed by atoms with Crippen molar-refractivity contribution < 1.29 is 19.0 Å². The van der Waals surface area contributed by atoms with Gasteiger partial charge in [0.2, 0.25) is 5.95 Å². The normalized spacial score (nSPS) is 20.3. The molecule has 1 aliphatic rings. The van der Waals surface area contributed by atoms with Crippen LogP contribution in [-0.2, 0) is 4.74 Å². The highest BCUT2D eigenvalue weighted by Crippen LogP contribution is 2.08. The van der Waals surface area contributed by atoms with Crippen LogP contribution in [-0.4, -0.2) is 53.4 Å². The lowest BCUT2D eigenvalue weighted by Gasteiger charge is -2.21. The number of halogens is 1. The van der Waals surface area contributed by atoms with Crippen LogP contribution in [0.4, 0.5) is 14.9 Å². The third-order valence-electron chi connectivity index (χ3n) is 2.51. The summed E-state index contributed by atoms with van der Waals surface area (Å²) in [6.07, 6.45) is 0.544. The number of hydrogen-bond acceptors (Lipinski definition) is 4. The Morgan fingerprint density at radius 2 is 2.44 bits per heavy atom. The van der Waals surface area contributed by atoms with Crippen molar-refractivity contribution in [1.29, 1.82) is 0 Å². The van der Waals surface area contributed by atoms with Crippen molar-refractivity contribution >= 4 is 11.7 Å². The van der Waals surface area contributed by atoms with Crippen LogP contribution >= 0.6 is 0 Å². The van der Waals surface area contributed by atoms with Gasteiger partial charge in [-0.25, -0.2) is 9.78 Å². The van der Waals surface area contributed by atoms with Crippen molar-refractivity contribution in [3.05, 3.63) is 24.3 Å². The molecule has 0 aliphatic carbocycles. The Labute approximate surface area is 103 Å². The maximum absolute atomic E-state index is 12.6. The Morgan fingerprint density at radius 1 is 1.61 bits per heavy atom. The third kappa shape index (κ3) is 3.38. The van der Waals surface area contributed by atoms with Gasteiger partial charge in [0.25, 0.3) is 0 Å². The number of aliphatic hydroxyl groups is 1. The zero-order chi connectivity index (χ0) is 13.0. The number of pyridine rings is 1. The highest BCUT2D eigenvalue weighted by atomic mass is 19.1. The minimum atomic E-state index is -0.690. The van der Waals surface area contributed by atoms with Crippen molar-refractivity contribution in [2.75, 3.05) is 31.6 Å². The Balaban J connectivity index is 1.96. The molecule has 1 saturated heterocycles. The number of anilines is 1. The van der Waals surface area contributed by atoms with Crippen LogP contribution in [0, 0.1) is 5.95 Å². The summed E-state index contributed by atoms with van der Waals surface area (Å²) in [7, 11) is 0. The predicted molar refractivity (Wildman–Crippen MR) is 61.6 cm³/mol. The zero-order valence-electron chi connectivity index (χ0n) is 9.67. The molecular weight excluding hydrogens is 241 g/mol. The molecule has 1 aliphatic heterocycles. The number of nitrogens with zero attached hydrogens (tertiary/aromatic N) is 2. The molecule has 2 N–H and O–H groups in total. The highest BCUT2D eigenvalue weighted by molar-refractivity contribution is 5.89. The molecule has 2 amide bonds. The largest absolute Gasteiger partial charge is 0.389 e. The average Bonchev–Trinajstić information content (AvgIpc) is 2.57. The molecule has 1 aromatic rings. The first-order chi connectivity index (χ1) is 8.65. The van der Waals surface area contributed by atoms with Gasteiger partial charge in [0.15, 0.2) is 0 Å². The number of rotatable bonds is 1. The molecule has 1 aromatic heterocycles. The fourth-order valence-electron chi connectivity index (χ4n) is 1.63. The van der Waals surface area contributed by atoms with Gasteiger partial charge in [-0.3, -0.25) is 0 Å². The molecule has 0 spiro atoms. The standard InChI is InChI=1S/C11H14FN3O3/c12-10-2-1-8(5-13-10)14-11(17)15-3-4-18-7-9(16)6-15/h1-2,5,9,16H,3-4,6-7H2,(H,14,17)/t9-/m1/s1. The summed E-state index contributed by atoms with van der Waals surface area (Å²) in [6, 6.07) is 2.22. The first-order valence-electron chi connectivity index (χ1n) is 5.58. The van der Waals surface area contributed by atoms with Crippen molar-refractivity contribution in [1.82, 2.24) is 9.88 Å². The van der Waals surface area contributed by atoms with E-state index in [1.165, 1.54) is 17.2 Å². The van der Waals surface area contributed by atoms with Gasteiger partial charge in [0.1, 0.15) is 0 Å². The van der Waals surface area contributed by atoms with Crippen molar-refractivity contribution in [2.45, 2.75) is 6.10 Å². The van der Waals surface area contributed by atoms with E-state index in [-0.39, 0.29) is 19.2 Å². The number of nitrogens with one attached hydrogen (secondary N) is 1. The van der Waals surface area contributed by atoms with Crippen LogP contribution in [0.5, 0.6) is 0 Å². The molecule has 0 aromatic carbocycles. The van der Waals surface area contributed by atoms with Gasteiger partial charge in [0.05, 0.1) is 37.7 Å². The number of β-amino-alcohol motifs (C(OH)–C–C–N with tert-alkyl or cyclic N) is 1. The topological polar surface area (TPSA) is 74.7 Å². The molecule has 2 heterocycles. The molecule has 6 nitrogen and oxygen atoms in total. The van der Waals surface area contributed by atoms with Crippen LogP contribution in [0.15, 0.2) is 18.3 Å². The van der Waals surface area contributed by atoms with Crippen LogP contribution in [0.3, 0.4) is 0 Å². The molecule has 2 rings (SSSR count). The summed E-state index contributed by atoms with van der Waals surface area (Å²) in [5, 5.41) is 12.1. The molecule has 1 atom stereocenters. The highest BCUT2D eigenvalue weighted by Gasteiger charge is 2.20. The number of amides is 2. The molecule has 18 heavy (non-hydrogen) atoms. The van der Waals surface area contributed by atoms with Crippen molar-refractivity contribution in [3.63, 3.8) is 0 Å². The van der Waals surface area contributed by atoms with E-state index >= 15 is 0 Å². The van der Waals surface area contributed by atoms with Crippen molar-refractivity contribution in [2.24, 2.45) is 0 Å². The number of hydrogen-bond donors (Lipinski definition) is 2. The third-order valence-corrected chi connectivity index (χ3v) is 2.51. The maximum Gasteiger partial charge on any atom is 0.322 e. The lowest BCUT2D eigenvalue weighted by atomic mass is 10.3. The number of aromatic nitrogens is 1. The second-order valence-corrected chi connectivity index (χ2v) is 3.97. The van der Waals surface area contributed by atoms with Crippen LogP contribution in [0.1, 0.15) is 0 Å². The maximum atomic E-state index is 12.6. The van der Waals surface area contributed by atoms with Gasteiger partial charge in [0, 0.05) is 6.54 Å². The van der Waals surface area contributed by atoms with Crippen molar-refractivity contribution in [3.8, 4) is 0 Å². The summed E-state index contributed by atoms with van der Waals surface area (Å²) in [4.78, 5) is 16.8. The molecule has 0 saturated carbocycles. The molecule has 98 valence electrons. The minimum absolute atomic E-state index is 0.209. The summed E-state index contributed by atoms with van der Waals surface area (Å²) in [5.74, 6) is -0.605. The molecule has 7 heteroatoms. The van der Waals surface area contributed by atoms with E-state index in [0.29, 0.717) is 18.8 Å². The van der Waals surface area contributed by atoms with Crippen LogP contribution in [0.25, 0.3) is 0 Å². The second-order valence-electron chi connectivity index (χ2n) is 3.97. The van der Waals surface area contributed by atoms with E-state index in [1.54, 1.807) is 0 Å². The first-order valence-corrected chi connectivity index (χ1v) is 5.58. The molecule has 0 unspecified atom stereocenters. The number of carbonyl (C=O) groups excluding carboxylic acids is 1. The Morgan fingerprint density at radius 3 is 3.17 bits per heavy atom. The van der Waals surface area contributed by atoms with Gasteiger partial charge < -0.3 is 20.1 Å². The summed E-state index contributed by atoms with van der Waals surface area (Å²) in [6.45, 7) is 1.21. The van der Waals surface area contributed by atoms with E-state index in [0.717, 1.165) is 6.07 Å². The van der Waals surface area contributed by atoms with Gasteiger partial charge >= 0.3 is 6.03 Å². The van der Waals surface area contributed by atoms with Gasteiger partial charge in [-0.2, -0.15) is 4.39 Å². The quantitative estimate of drug-likeness (QED) is 0.714. The lowest BCUT2D eigenvalue weighted by Crippen LogP contribution is -2.40. The summed E-state index contributed by atoms with van der Waals surface area (Å²) < 4.78 is 17.7. The van der Waals surface area contributed by atoms with Gasteiger partial charge in [-0.1, -0.05) is 0 Å². The summed E-state index contributed by atoms with van der Waals surface area (Å²) >= 11 is 0. The SMILES string of the molecule is O=C(Nc1ccc(F)nc1)N1CCOC[C@H](O)C1. The molecule has 0 bridgehead atoms. The van der Waals surface area contributed by atoms with E-state index in [1.807, 2.05) is 0 Å². The zero-order valence-corrected chi connectivity index (χ0v) is 9.67. The van der Waals surface area contributed by atoms with Gasteiger partial charge in [-0.15, -0.1) is 0 Å². The second kappa shape index (κ2) is 5.74. The van der Waals surface area contributed by atoms with E-state index in [4.69, 9.17) is 4.74 Å². The Kier molecular flexibility index (Phi) is 4.06. The Hall–Kier alpha value is -1.73.